The van der Waals surface area contributed by atoms with Gasteiger partial charge >= 0.3 is 0 Å². The molecule has 1 aromatic heterocycles. The Balaban J connectivity index is 2.45. The Morgan fingerprint density at radius 3 is 2.67 bits per heavy atom. The monoisotopic (exact) mass is 268 g/mol. The molecule has 0 saturated carbocycles. The van der Waals surface area contributed by atoms with Gasteiger partial charge in [-0.25, -0.2) is 0 Å². The second-order valence-electron chi connectivity index (χ2n) is 5.45. The summed E-state index contributed by atoms with van der Waals surface area (Å²) in [6.07, 6.45) is 6.46. The molecular weight excluding hydrogens is 240 g/mol. The zero-order chi connectivity index (χ0) is 13.4. The van der Waals surface area contributed by atoms with Crippen LogP contribution in [0.3, 0.4) is 0 Å². The van der Waals surface area contributed by atoms with Crippen LogP contribution in [0.2, 0.25) is 0 Å². The standard InChI is InChI=1S/C15H28N2S/c1-4-5-6-7-10-15(2,13-16)17(3)12-14-9-8-11-18-14/h8-9,11H,4-7,10,12-13,16H2,1-3H3. The Morgan fingerprint density at radius 1 is 1.33 bits per heavy atom. The fraction of sp³-hybridized carbons (Fsp3) is 0.733. The molecule has 0 saturated heterocycles. The van der Waals surface area contributed by atoms with Gasteiger partial charge in [0.2, 0.25) is 0 Å². The van der Waals surface area contributed by atoms with Gasteiger partial charge in [-0.1, -0.05) is 38.7 Å². The lowest BCUT2D eigenvalue weighted by atomic mass is 9.92. The molecule has 1 rings (SSSR count). The molecule has 0 aliphatic rings. The fourth-order valence-corrected chi connectivity index (χ4v) is 2.97. The maximum Gasteiger partial charge on any atom is 0.0330 e. The molecule has 0 aliphatic heterocycles. The molecular formula is C15H28N2S. The highest BCUT2D eigenvalue weighted by Gasteiger charge is 2.27. The van der Waals surface area contributed by atoms with Crippen LogP contribution >= 0.6 is 11.3 Å². The van der Waals surface area contributed by atoms with E-state index in [2.05, 4.69) is 43.3 Å². The number of nitrogens with two attached hydrogens (primary N) is 1. The predicted octanol–water partition coefficient (Wildman–Crippen LogP) is 3.87. The molecule has 0 radical (unpaired) electrons. The Kier molecular flexibility index (Phi) is 6.90. The van der Waals surface area contributed by atoms with Crippen LogP contribution in [0.15, 0.2) is 17.5 Å². The van der Waals surface area contributed by atoms with Gasteiger partial charge in [0.1, 0.15) is 0 Å². The maximum absolute atomic E-state index is 6.01. The molecule has 2 N–H and O–H groups in total. The quantitative estimate of drug-likeness (QED) is 0.689. The van der Waals surface area contributed by atoms with Crippen molar-refractivity contribution in [2.24, 2.45) is 5.73 Å². The summed E-state index contributed by atoms with van der Waals surface area (Å²) in [6.45, 7) is 6.30. The van der Waals surface area contributed by atoms with E-state index >= 15 is 0 Å². The van der Waals surface area contributed by atoms with Gasteiger partial charge in [0.05, 0.1) is 0 Å². The summed E-state index contributed by atoms with van der Waals surface area (Å²) in [5, 5.41) is 2.14. The number of rotatable bonds is 9. The summed E-state index contributed by atoms with van der Waals surface area (Å²) in [6, 6.07) is 4.32. The number of nitrogens with zero attached hydrogens (tertiary/aromatic N) is 1. The lowest BCUT2D eigenvalue weighted by Crippen LogP contribution is -2.49. The van der Waals surface area contributed by atoms with Crippen molar-refractivity contribution in [3.63, 3.8) is 0 Å². The fourth-order valence-electron chi connectivity index (χ4n) is 2.21. The molecule has 0 aliphatic carbocycles. The van der Waals surface area contributed by atoms with Crippen LogP contribution in [0.25, 0.3) is 0 Å². The van der Waals surface area contributed by atoms with E-state index in [1.807, 2.05) is 11.3 Å². The summed E-state index contributed by atoms with van der Waals surface area (Å²) in [4.78, 5) is 3.84. The normalized spacial score (nSPS) is 14.9. The first kappa shape index (κ1) is 15.7. The first-order valence-electron chi connectivity index (χ1n) is 7.06. The second-order valence-corrected chi connectivity index (χ2v) is 6.48. The summed E-state index contributed by atoms with van der Waals surface area (Å²) in [5.41, 5.74) is 6.15. The molecule has 104 valence electrons. The molecule has 1 aromatic rings. The lowest BCUT2D eigenvalue weighted by Gasteiger charge is -2.38. The summed E-state index contributed by atoms with van der Waals surface area (Å²) < 4.78 is 0. The minimum atomic E-state index is 0.137. The molecule has 18 heavy (non-hydrogen) atoms. The third-order valence-corrected chi connectivity index (χ3v) is 4.76. The first-order chi connectivity index (χ1) is 8.62. The van der Waals surface area contributed by atoms with Gasteiger partial charge in [-0.05, 0) is 31.8 Å². The predicted molar refractivity (Wildman–Crippen MR) is 82.0 cm³/mol. The lowest BCUT2D eigenvalue weighted by molar-refractivity contribution is 0.124. The summed E-state index contributed by atoms with van der Waals surface area (Å²) in [5.74, 6) is 0. The van der Waals surface area contributed by atoms with Gasteiger partial charge in [0.15, 0.2) is 0 Å². The molecule has 0 bridgehead atoms. The van der Waals surface area contributed by atoms with Crippen molar-refractivity contribution in [2.75, 3.05) is 13.6 Å². The number of hydrogen-bond donors (Lipinski definition) is 1. The van der Waals surface area contributed by atoms with Gasteiger partial charge in [-0.2, -0.15) is 0 Å². The average molecular weight is 268 g/mol. The van der Waals surface area contributed by atoms with Crippen LogP contribution in [-0.4, -0.2) is 24.0 Å². The molecule has 3 heteroatoms. The van der Waals surface area contributed by atoms with Crippen molar-refractivity contribution in [3.8, 4) is 0 Å². The molecule has 1 atom stereocenters. The van der Waals surface area contributed by atoms with Crippen molar-refractivity contribution in [3.05, 3.63) is 22.4 Å². The van der Waals surface area contributed by atoms with Crippen molar-refractivity contribution in [2.45, 2.75) is 58.0 Å². The Bertz CT molecular complexity index is 310. The third kappa shape index (κ3) is 4.71. The molecule has 0 fully saturated rings. The van der Waals surface area contributed by atoms with Gasteiger partial charge in [-0.15, -0.1) is 11.3 Å². The van der Waals surface area contributed by atoms with Crippen LogP contribution in [0, 0.1) is 0 Å². The van der Waals surface area contributed by atoms with E-state index in [1.165, 1.54) is 37.0 Å². The highest BCUT2D eigenvalue weighted by Crippen LogP contribution is 2.23. The number of unbranched alkanes of at least 4 members (excludes halogenated alkanes) is 3. The van der Waals surface area contributed by atoms with E-state index in [4.69, 9.17) is 5.73 Å². The highest BCUT2D eigenvalue weighted by atomic mass is 32.1. The minimum Gasteiger partial charge on any atom is -0.329 e. The minimum absolute atomic E-state index is 0.137. The van der Waals surface area contributed by atoms with E-state index in [1.54, 1.807) is 0 Å². The number of likely N-dealkylation sites (N-methyl/N-ethyl adjacent to an activating group) is 1. The topological polar surface area (TPSA) is 29.3 Å². The van der Waals surface area contributed by atoms with Gasteiger partial charge in [-0.3, -0.25) is 4.90 Å². The van der Waals surface area contributed by atoms with E-state index in [0.717, 1.165) is 13.1 Å². The second kappa shape index (κ2) is 7.93. The van der Waals surface area contributed by atoms with Crippen molar-refractivity contribution in [1.82, 2.24) is 4.90 Å². The smallest absolute Gasteiger partial charge is 0.0330 e. The largest absolute Gasteiger partial charge is 0.329 e. The van der Waals surface area contributed by atoms with Gasteiger partial charge in [0.25, 0.3) is 0 Å². The molecule has 2 nitrogen and oxygen atoms in total. The summed E-state index contributed by atoms with van der Waals surface area (Å²) in [7, 11) is 2.20. The molecule has 0 aromatic carbocycles. The summed E-state index contributed by atoms with van der Waals surface area (Å²) >= 11 is 1.83. The Hall–Kier alpha value is -0.380. The zero-order valence-electron chi connectivity index (χ0n) is 12.1. The number of thiophene rings is 1. The third-order valence-electron chi connectivity index (χ3n) is 3.90. The zero-order valence-corrected chi connectivity index (χ0v) is 12.9. The van der Waals surface area contributed by atoms with Crippen LogP contribution < -0.4 is 5.73 Å². The highest BCUT2D eigenvalue weighted by molar-refractivity contribution is 7.09. The van der Waals surface area contributed by atoms with Crippen molar-refractivity contribution in [1.29, 1.82) is 0 Å². The molecule has 1 heterocycles. The Morgan fingerprint density at radius 2 is 2.11 bits per heavy atom. The maximum atomic E-state index is 6.01. The first-order valence-corrected chi connectivity index (χ1v) is 7.94. The molecule has 0 spiro atoms. The SMILES string of the molecule is CCCCCCC(C)(CN)N(C)Cc1cccs1. The van der Waals surface area contributed by atoms with Gasteiger partial charge < -0.3 is 5.73 Å². The van der Waals surface area contributed by atoms with Crippen LogP contribution in [-0.2, 0) is 6.54 Å². The van der Waals surface area contributed by atoms with E-state index in [9.17, 15) is 0 Å². The van der Waals surface area contributed by atoms with Crippen LogP contribution in [0.4, 0.5) is 0 Å². The molecule has 1 unspecified atom stereocenters. The van der Waals surface area contributed by atoms with E-state index in [-0.39, 0.29) is 5.54 Å². The van der Waals surface area contributed by atoms with E-state index in [0.29, 0.717) is 0 Å². The Labute approximate surface area is 116 Å². The molecule has 0 amide bonds. The van der Waals surface area contributed by atoms with Gasteiger partial charge in [0, 0.05) is 23.5 Å². The number of hydrogen-bond acceptors (Lipinski definition) is 3. The average Bonchev–Trinajstić information content (AvgIpc) is 2.87. The van der Waals surface area contributed by atoms with Crippen molar-refractivity contribution < 1.29 is 0 Å². The van der Waals surface area contributed by atoms with Crippen molar-refractivity contribution >= 4 is 11.3 Å². The van der Waals surface area contributed by atoms with Crippen LogP contribution in [0.1, 0.15) is 50.8 Å². The van der Waals surface area contributed by atoms with E-state index < -0.39 is 0 Å². The van der Waals surface area contributed by atoms with Crippen LogP contribution in [0.5, 0.6) is 0 Å².